The Bertz CT molecular complexity index is 1120. The van der Waals surface area contributed by atoms with Gasteiger partial charge in [0, 0.05) is 51.2 Å². The van der Waals surface area contributed by atoms with E-state index < -0.39 is 0 Å². The fraction of sp³-hybridized carbons (Fsp3) is 0.440. The summed E-state index contributed by atoms with van der Waals surface area (Å²) in [6.45, 7) is 5.91. The molecule has 0 spiro atoms. The monoisotopic (exact) mass is 466 g/mol. The minimum absolute atomic E-state index is 0.431. The summed E-state index contributed by atoms with van der Waals surface area (Å²) in [5, 5.41) is 0.753. The Hall–Kier alpha value is -3.46. The van der Waals surface area contributed by atoms with E-state index in [-0.39, 0.29) is 0 Å². The maximum absolute atomic E-state index is 6.24. The molecule has 3 aromatic rings. The van der Waals surface area contributed by atoms with Crippen molar-refractivity contribution in [3.63, 3.8) is 0 Å². The standard InChI is InChI=1S/C25H34N6O3/c1-29(25-27-19-17-23(34-4)22(33-3)16-18(19)24(26)28-25)10-7-11-30-12-14-31(15-13-30)20-8-5-6-9-21(20)32-2/h5-6,8-9,16-17H,7,10-15H2,1-4H3,(H2,26,27,28). The lowest BCUT2D eigenvalue weighted by atomic mass is 10.2. The topological polar surface area (TPSA) is 89.2 Å². The highest BCUT2D eigenvalue weighted by molar-refractivity contribution is 5.91. The van der Waals surface area contributed by atoms with Crippen LogP contribution in [0.15, 0.2) is 36.4 Å². The third kappa shape index (κ3) is 5.04. The Balaban J connectivity index is 1.32. The summed E-state index contributed by atoms with van der Waals surface area (Å²) < 4.78 is 16.3. The number of para-hydroxylation sites is 2. The molecule has 9 heteroatoms. The van der Waals surface area contributed by atoms with Gasteiger partial charge in [0.15, 0.2) is 11.5 Å². The van der Waals surface area contributed by atoms with Crippen molar-refractivity contribution in [3.8, 4) is 17.2 Å². The predicted molar refractivity (Wildman–Crippen MR) is 137 cm³/mol. The molecule has 1 saturated heterocycles. The van der Waals surface area contributed by atoms with E-state index in [9.17, 15) is 0 Å². The molecule has 34 heavy (non-hydrogen) atoms. The number of anilines is 3. The van der Waals surface area contributed by atoms with Gasteiger partial charge in [0.1, 0.15) is 11.6 Å². The summed E-state index contributed by atoms with van der Waals surface area (Å²) in [5.41, 5.74) is 8.15. The zero-order valence-electron chi connectivity index (χ0n) is 20.5. The lowest BCUT2D eigenvalue weighted by Gasteiger charge is -2.36. The van der Waals surface area contributed by atoms with E-state index in [0.717, 1.165) is 62.3 Å². The van der Waals surface area contributed by atoms with Gasteiger partial charge in [0.05, 0.1) is 32.5 Å². The molecule has 0 aliphatic carbocycles. The second kappa shape index (κ2) is 10.6. The van der Waals surface area contributed by atoms with Gasteiger partial charge in [-0.05, 0) is 31.2 Å². The van der Waals surface area contributed by atoms with E-state index in [1.54, 1.807) is 21.3 Å². The molecule has 0 bridgehead atoms. The lowest BCUT2D eigenvalue weighted by molar-refractivity contribution is 0.255. The van der Waals surface area contributed by atoms with Gasteiger partial charge < -0.3 is 29.7 Å². The van der Waals surface area contributed by atoms with Crippen LogP contribution in [0.3, 0.4) is 0 Å². The Labute approximate surface area is 201 Å². The Morgan fingerprint density at radius 1 is 0.912 bits per heavy atom. The van der Waals surface area contributed by atoms with Gasteiger partial charge in [-0.15, -0.1) is 0 Å². The summed E-state index contributed by atoms with van der Waals surface area (Å²) in [5.74, 6) is 3.20. The minimum Gasteiger partial charge on any atom is -0.495 e. The molecular weight excluding hydrogens is 432 g/mol. The summed E-state index contributed by atoms with van der Waals surface area (Å²) >= 11 is 0. The summed E-state index contributed by atoms with van der Waals surface area (Å²) in [6, 6.07) is 11.9. The number of fused-ring (bicyclic) bond motifs is 1. The van der Waals surface area contributed by atoms with E-state index in [4.69, 9.17) is 24.9 Å². The maximum atomic E-state index is 6.24. The van der Waals surface area contributed by atoms with E-state index in [1.165, 1.54) is 5.69 Å². The molecule has 1 aliphatic heterocycles. The number of hydrogen-bond acceptors (Lipinski definition) is 9. The molecular formula is C25H34N6O3. The highest BCUT2D eigenvalue weighted by atomic mass is 16.5. The third-order valence-electron chi connectivity index (χ3n) is 6.33. The molecule has 1 aromatic heterocycles. The van der Waals surface area contributed by atoms with Gasteiger partial charge >= 0.3 is 0 Å². The molecule has 2 aromatic carbocycles. The molecule has 2 heterocycles. The first-order valence-corrected chi connectivity index (χ1v) is 11.5. The SMILES string of the molecule is COc1cc2nc(N(C)CCCN3CCN(c4ccccc4OC)CC3)nc(N)c2cc1OC. The molecule has 0 amide bonds. The normalized spacial score (nSPS) is 14.3. The lowest BCUT2D eigenvalue weighted by Crippen LogP contribution is -2.47. The molecule has 2 N–H and O–H groups in total. The molecule has 182 valence electrons. The number of rotatable bonds is 9. The molecule has 0 atom stereocenters. The molecule has 0 radical (unpaired) electrons. The highest BCUT2D eigenvalue weighted by Crippen LogP contribution is 2.34. The van der Waals surface area contributed by atoms with Crippen LogP contribution in [0.1, 0.15) is 6.42 Å². The van der Waals surface area contributed by atoms with Crippen LogP contribution in [0.25, 0.3) is 10.9 Å². The molecule has 9 nitrogen and oxygen atoms in total. The van der Waals surface area contributed by atoms with Gasteiger partial charge in [-0.3, -0.25) is 4.90 Å². The number of benzene rings is 2. The summed E-state index contributed by atoms with van der Waals surface area (Å²) in [7, 11) is 6.94. The fourth-order valence-corrected chi connectivity index (χ4v) is 4.37. The number of ether oxygens (including phenoxy) is 3. The maximum Gasteiger partial charge on any atom is 0.227 e. The first kappa shape index (κ1) is 23.7. The molecule has 0 unspecified atom stereocenters. The first-order chi connectivity index (χ1) is 16.5. The second-order valence-corrected chi connectivity index (χ2v) is 8.41. The van der Waals surface area contributed by atoms with Crippen molar-refractivity contribution in [1.82, 2.24) is 14.9 Å². The minimum atomic E-state index is 0.431. The van der Waals surface area contributed by atoms with Crippen LogP contribution in [0.2, 0.25) is 0 Å². The quantitative estimate of drug-likeness (QED) is 0.511. The first-order valence-electron chi connectivity index (χ1n) is 11.5. The Morgan fingerprint density at radius 3 is 2.29 bits per heavy atom. The van der Waals surface area contributed by atoms with Gasteiger partial charge in [0.25, 0.3) is 0 Å². The van der Waals surface area contributed by atoms with Crippen molar-refractivity contribution in [1.29, 1.82) is 0 Å². The van der Waals surface area contributed by atoms with Crippen LogP contribution in [0.5, 0.6) is 17.2 Å². The number of aromatic nitrogens is 2. The molecule has 1 fully saturated rings. The van der Waals surface area contributed by atoms with Gasteiger partial charge in [0.2, 0.25) is 5.95 Å². The number of nitrogen functional groups attached to an aromatic ring is 1. The van der Waals surface area contributed by atoms with Crippen LogP contribution in [0.4, 0.5) is 17.5 Å². The zero-order valence-corrected chi connectivity index (χ0v) is 20.5. The largest absolute Gasteiger partial charge is 0.495 e. The summed E-state index contributed by atoms with van der Waals surface area (Å²) in [4.78, 5) is 16.2. The van der Waals surface area contributed by atoms with E-state index >= 15 is 0 Å². The molecule has 4 rings (SSSR count). The van der Waals surface area contributed by atoms with Crippen LogP contribution >= 0.6 is 0 Å². The van der Waals surface area contributed by atoms with Crippen LogP contribution in [-0.4, -0.2) is 82.5 Å². The van der Waals surface area contributed by atoms with Crippen LogP contribution in [-0.2, 0) is 0 Å². The predicted octanol–water partition coefficient (Wildman–Crippen LogP) is 2.89. The van der Waals surface area contributed by atoms with Crippen molar-refractivity contribution >= 4 is 28.4 Å². The summed E-state index contributed by atoms with van der Waals surface area (Å²) in [6.07, 6.45) is 1.01. The van der Waals surface area contributed by atoms with Gasteiger partial charge in [-0.1, -0.05) is 12.1 Å². The Morgan fingerprint density at radius 2 is 1.59 bits per heavy atom. The third-order valence-corrected chi connectivity index (χ3v) is 6.33. The van der Waals surface area contributed by atoms with Crippen molar-refractivity contribution in [2.24, 2.45) is 0 Å². The second-order valence-electron chi connectivity index (χ2n) is 8.41. The highest BCUT2D eigenvalue weighted by Gasteiger charge is 2.20. The van der Waals surface area contributed by atoms with Crippen LogP contribution < -0.4 is 29.7 Å². The van der Waals surface area contributed by atoms with Crippen molar-refractivity contribution in [3.05, 3.63) is 36.4 Å². The van der Waals surface area contributed by atoms with Crippen molar-refractivity contribution in [2.75, 3.05) is 83.2 Å². The smallest absolute Gasteiger partial charge is 0.227 e. The average Bonchev–Trinajstić information content (AvgIpc) is 2.88. The number of methoxy groups -OCH3 is 3. The van der Waals surface area contributed by atoms with E-state index in [0.29, 0.717) is 23.3 Å². The number of nitrogens with two attached hydrogens (primary N) is 1. The molecule has 1 aliphatic rings. The number of hydrogen-bond donors (Lipinski definition) is 1. The zero-order chi connectivity index (χ0) is 24.1. The average molecular weight is 467 g/mol. The van der Waals surface area contributed by atoms with E-state index in [2.05, 4.69) is 31.8 Å². The van der Waals surface area contributed by atoms with Gasteiger partial charge in [-0.2, -0.15) is 4.98 Å². The number of nitrogens with zero attached hydrogens (tertiary/aromatic N) is 5. The van der Waals surface area contributed by atoms with Crippen molar-refractivity contribution in [2.45, 2.75) is 6.42 Å². The molecule has 0 saturated carbocycles. The van der Waals surface area contributed by atoms with Crippen LogP contribution in [0, 0.1) is 0 Å². The van der Waals surface area contributed by atoms with Crippen molar-refractivity contribution < 1.29 is 14.2 Å². The Kier molecular flexibility index (Phi) is 7.42. The fourth-order valence-electron chi connectivity index (χ4n) is 4.37. The number of piperazine rings is 1. The van der Waals surface area contributed by atoms with Gasteiger partial charge in [-0.25, -0.2) is 4.98 Å². The van der Waals surface area contributed by atoms with E-state index in [1.807, 2.05) is 31.3 Å².